The van der Waals surface area contributed by atoms with Gasteiger partial charge in [0, 0.05) is 26.2 Å². The van der Waals surface area contributed by atoms with Gasteiger partial charge in [0.25, 0.3) is 0 Å². The molecule has 0 bridgehead atoms. The molecule has 4 aliphatic heterocycles. The molecule has 0 aliphatic carbocycles. The van der Waals surface area contributed by atoms with Crippen molar-refractivity contribution in [3.8, 4) is 0 Å². The Bertz CT molecular complexity index is 2290. The minimum Gasteiger partial charge on any atom is -0.479 e. The Morgan fingerprint density at radius 3 is 1.76 bits per heavy atom. The number of unbranched alkanes of at least 4 members (excludes halogenated alkanes) is 7. The number of guanidine groups is 1. The average molecular weight is 1170 g/mol. The lowest BCUT2D eigenvalue weighted by Crippen LogP contribution is -2.64. The molecule has 0 aromatic rings. The molecule has 0 unspecified atom stereocenters. The highest BCUT2D eigenvalue weighted by Gasteiger charge is 2.48. The van der Waals surface area contributed by atoms with Crippen molar-refractivity contribution < 1.29 is 93.2 Å². The number of aliphatic carboxylic acids is 2. The first-order chi connectivity index (χ1) is 38.8. The number of aliphatic hydroxyl groups excluding tert-OH is 5. The number of carboxylic acid groups (broad SMARTS) is 2. The van der Waals surface area contributed by atoms with Crippen LogP contribution in [0.3, 0.4) is 0 Å². The maximum Gasteiger partial charge on any atom is 0.335 e. The highest BCUT2D eigenvalue weighted by Crippen LogP contribution is 2.27. The van der Waals surface area contributed by atoms with Gasteiger partial charge in [-0.05, 0) is 70.6 Å². The average Bonchev–Trinajstić information content (AvgIpc) is 4.40. The lowest BCUT2D eigenvalue weighted by atomic mass is 10.0. The van der Waals surface area contributed by atoms with Gasteiger partial charge in [0.2, 0.25) is 47.3 Å². The Kier molecular flexibility index (Phi) is 27.1. The molecule has 16 N–H and O–H groups in total. The first-order valence-corrected chi connectivity index (χ1v) is 28.3. The van der Waals surface area contributed by atoms with Crippen LogP contribution >= 0.6 is 0 Å². The number of hydrogen-bond acceptors (Lipinski definition) is 18. The molecule has 0 radical (unpaired) electrons. The van der Waals surface area contributed by atoms with Crippen LogP contribution in [0.15, 0.2) is 4.99 Å². The van der Waals surface area contributed by atoms with Crippen LogP contribution in [0.25, 0.3) is 0 Å². The van der Waals surface area contributed by atoms with E-state index >= 15 is 0 Å². The normalized spacial score (nSPS) is 28.0. The molecule has 4 aliphatic rings. The lowest BCUT2D eigenvalue weighted by Gasteiger charge is -2.34. The summed E-state index contributed by atoms with van der Waals surface area (Å²) < 4.78 is 5.67. The first kappa shape index (κ1) is 67.7. The van der Waals surface area contributed by atoms with Crippen LogP contribution in [0.2, 0.25) is 0 Å². The molecule has 0 aromatic heterocycles. The number of amides is 8. The summed E-state index contributed by atoms with van der Waals surface area (Å²) in [5.74, 6) is -14.5. The highest BCUT2D eigenvalue weighted by atomic mass is 16.5. The summed E-state index contributed by atoms with van der Waals surface area (Å²) in [5, 5.41) is 84.9. The number of nitrogens with two attached hydrogens (primary N) is 2. The SMILES string of the molecule is CC(C)CCCCCCCCCC[C@@H]1CC(=O)N[C@H]([C@@H](C)O)C(=O)N2CCC[C@@H]2C(=O)N2CCC[C@H]2C(=O)N[C@H](CCCN=C(N)N)C(=O)N[C@H]([C@@H](O)C(=O)O)C(=O)N[C@@H](CO)C(=O)N2CC[C@@H](O)[C@@H]2C(=O)N[C@@H]([C@H](O)C(=O)O)C(=O)O1. The molecule has 4 saturated heterocycles. The van der Waals surface area contributed by atoms with Gasteiger partial charge < -0.3 is 93.2 Å². The van der Waals surface area contributed by atoms with Crippen molar-refractivity contribution in [2.24, 2.45) is 22.4 Å². The van der Waals surface area contributed by atoms with Crippen LogP contribution in [0.4, 0.5) is 0 Å². The molecule has 0 aromatic carbocycles. The van der Waals surface area contributed by atoms with Gasteiger partial charge in [-0.1, -0.05) is 65.2 Å². The molecule has 4 fully saturated rings. The van der Waals surface area contributed by atoms with Gasteiger partial charge in [-0.25, -0.2) is 14.4 Å². The van der Waals surface area contributed by atoms with E-state index in [1.165, 1.54) is 11.8 Å². The molecule has 13 atom stereocenters. The summed E-state index contributed by atoms with van der Waals surface area (Å²) in [7, 11) is 0. The molecule has 82 heavy (non-hydrogen) atoms. The van der Waals surface area contributed by atoms with Crippen molar-refractivity contribution >= 4 is 71.1 Å². The van der Waals surface area contributed by atoms with Crippen LogP contribution in [0.5, 0.6) is 0 Å². The smallest absolute Gasteiger partial charge is 0.335 e. The summed E-state index contributed by atoms with van der Waals surface area (Å²) in [4.78, 5) is 159. The van der Waals surface area contributed by atoms with Crippen LogP contribution in [0, 0.1) is 5.92 Å². The third-order valence-electron chi connectivity index (χ3n) is 15.0. The van der Waals surface area contributed by atoms with Crippen molar-refractivity contribution in [1.82, 2.24) is 41.3 Å². The van der Waals surface area contributed by atoms with Crippen molar-refractivity contribution in [2.75, 3.05) is 32.8 Å². The van der Waals surface area contributed by atoms with Crippen molar-refractivity contribution in [3.63, 3.8) is 0 Å². The van der Waals surface area contributed by atoms with E-state index in [9.17, 15) is 88.5 Å². The number of aliphatic hydroxyl groups is 5. The summed E-state index contributed by atoms with van der Waals surface area (Å²) in [6, 6.07) is -14.9. The monoisotopic (exact) mass is 1170 g/mol. The van der Waals surface area contributed by atoms with Crippen LogP contribution in [-0.2, 0) is 57.5 Å². The molecule has 462 valence electrons. The van der Waals surface area contributed by atoms with E-state index in [1.807, 2.05) is 10.6 Å². The van der Waals surface area contributed by atoms with Gasteiger partial charge in [-0.2, -0.15) is 0 Å². The molecule has 30 nitrogen and oxygen atoms in total. The number of carboxylic acids is 2. The van der Waals surface area contributed by atoms with Gasteiger partial charge in [-0.3, -0.25) is 43.3 Å². The molecule has 0 spiro atoms. The Morgan fingerprint density at radius 1 is 0.610 bits per heavy atom. The van der Waals surface area contributed by atoms with Gasteiger partial charge in [0.15, 0.2) is 24.2 Å². The van der Waals surface area contributed by atoms with E-state index in [-0.39, 0.29) is 77.0 Å². The zero-order valence-electron chi connectivity index (χ0n) is 46.8. The number of nitrogens with zero attached hydrogens (tertiary/aromatic N) is 4. The number of ether oxygens (including phenoxy) is 1. The lowest BCUT2D eigenvalue weighted by molar-refractivity contribution is -0.165. The standard InChI is InChI=1S/C52H85N11O19/c1-27(2)15-10-8-6-4-5-7-9-11-16-29-25-35(67)58-36(28(3)65)48(76)62-23-14-19-33(62)47(75)61-22-13-18-32(61)43(71)56-30(17-12-21-55-52(53)54)42(70)59-37(40(68)49(77)78)44(72)57-31(26-64)46(74)63-24-20-34(66)39(63)45(73)60-38(51(81)82-29)41(69)50(79)80/h27-34,36-41,64-66,68-69H,4-26H2,1-3H3,(H,56,71)(H,57,72)(H,58,67)(H,59,70)(H,60,73)(H,77,78)(H,79,80)(H4,53,54,55)/t28-,29-,30-,31+,32+,33-,34-,36-,37-,38+,39-,40-,41+/m1/s1. The molecule has 4 rings (SSSR count). The number of carbonyl (C=O) groups is 11. The topological polar surface area (TPSA) is 473 Å². The Hall–Kier alpha value is -6.76. The number of rotatable bonds is 21. The zero-order chi connectivity index (χ0) is 61.0. The van der Waals surface area contributed by atoms with Crippen molar-refractivity contribution in [3.05, 3.63) is 0 Å². The predicted molar refractivity (Wildman–Crippen MR) is 287 cm³/mol. The van der Waals surface area contributed by atoms with Crippen LogP contribution in [0.1, 0.15) is 136 Å². The highest BCUT2D eigenvalue weighted by molar-refractivity contribution is 6.00. The number of hydrogen-bond donors (Lipinski definition) is 14. The maximum atomic E-state index is 14.5. The minimum absolute atomic E-state index is 0.00881. The number of nitrogens with one attached hydrogen (secondary N) is 5. The number of esters is 1. The molecule has 4 heterocycles. The second-order valence-electron chi connectivity index (χ2n) is 21.9. The number of fused-ring (bicyclic) bond motifs is 3. The molecular weight excluding hydrogens is 1080 g/mol. The summed E-state index contributed by atoms with van der Waals surface area (Å²) in [6.07, 6.45) is -3.13. The van der Waals surface area contributed by atoms with Gasteiger partial charge in [0.1, 0.15) is 48.4 Å². The number of aliphatic imine (C=N–C) groups is 1. The number of carbonyl (C=O) groups excluding carboxylic acids is 9. The molecule has 30 heteroatoms. The van der Waals surface area contributed by atoms with Gasteiger partial charge in [-0.15, -0.1) is 0 Å². The second-order valence-corrected chi connectivity index (χ2v) is 21.9. The quantitative estimate of drug-likeness (QED) is 0.0223. The van der Waals surface area contributed by atoms with Gasteiger partial charge in [0.05, 0.1) is 25.2 Å². The summed E-state index contributed by atoms with van der Waals surface area (Å²) in [6.45, 7) is 3.64. The van der Waals surface area contributed by atoms with E-state index in [4.69, 9.17) is 16.2 Å². The second kappa shape index (κ2) is 32.8. The molecule has 8 amide bonds. The maximum absolute atomic E-state index is 14.5. The fourth-order valence-electron chi connectivity index (χ4n) is 10.6. The van der Waals surface area contributed by atoms with E-state index in [2.05, 4.69) is 34.8 Å². The van der Waals surface area contributed by atoms with E-state index in [0.717, 1.165) is 49.8 Å². The number of cyclic esters (lactones) is 1. The minimum atomic E-state index is -2.76. The van der Waals surface area contributed by atoms with Crippen LogP contribution in [-0.4, -0.2) is 233 Å². The van der Waals surface area contributed by atoms with Crippen molar-refractivity contribution in [1.29, 1.82) is 0 Å². The zero-order valence-corrected chi connectivity index (χ0v) is 46.8. The fourth-order valence-corrected chi connectivity index (χ4v) is 10.6. The Morgan fingerprint density at radius 2 is 1.17 bits per heavy atom. The van der Waals surface area contributed by atoms with Crippen molar-refractivity contribution in [2.45, 2.75) is 215 Å². The Balaban J connectivity index is 1.76. The summed E-state index contributed by atoms with van der Waals surface area (Å²) >= 11 is 0. The third-order valence-corrected chi connectivity index (χ3v) is 15.0. The van der Waals surface area contributed by atoms with Crippen LogP contribution < -0.4 is 38.1 Å². The van der Waals surface area contributed by atoms with E-state index in [0.29, 0.717) is 23.7 Å². The Labute approximate surface area is 474 Å². The van der Waals surface area contributed by atoms with E-state index < -0.39 is 164 Å². The predicted octanol–water partition coefficient (Wildman–Crippen LogP) is -4.46. The fraction of sp³-hybridized carbons (Fsp3) is 0.769. The summed E-state index contributed by atoms with van der Waals surface area (Å²) in [5.41, 5.74) is 10.9. The molecule has 0 saturated carbocycles. The van der Waals surface area contributed by atoms with E-state index in [1.54, 1.807) is 0 Å². The van der Waals surface area contributed by atoms with Gasteiger partial charge >= 0.3 is 17.9 Å². The largest absolute Gasteiger partial charge is 0.479 e. The third kappa shape index (κ3) is 19.4. The molecular formula is C52H85N11O19. The first-order valence-electron chi connectivity index (χ1n) is 28.3.